The van der Waals surface area contributed by atoms with Crippen LogP contribution >= 0.6 is 0 Å². The predicted molar refractivity (Wildman–Crippen MR) is 112 cm³/mol. The summed E-state index contributed by atoms with van der Waals surface area (Å²) < 4.78 is 21.9. The maximum absolute atomic E-state index is 8.94. The fourth-order valence-corrected chi connectivity index (χ4v) is 2.72. The van der Waals surface area contributed by atoms with Gasteiger partial charge in [0.05, 0.1) is 39.4 Å². The van der Waals surface area contributed by atoms with Crippen molar-refractivity contribution in [2.45, 2.75) is 6.92 Å². The number of methoxy groups -OCH3 is 3. The molecular weight excluding hydrogens is 388 g/mol. The van der Waals surface area contributed by atoms with Crippen molar-refractivity contribution in [3.8, 4) is 28.9 Å². The van der Waals surface area contributed by atoms with Crippen LogP contribution in [0.4, 0.5) is 11.5 Å². The largest absolute Gasteiger partial charge is 0.493 e. The molecule has 0 unspecified atom stereocenters. The first kappa shape index (κ1) is 20.7. The van der Waals surface area contributed by atoms with Crippen molar-refractivity contribution in [1.29, 1.82) is 0 Å². The molecule has 0 saturated carbocycles. The molecule has 3 aromatic rings. The lowest BCUT2D eigenvalue weighted by Crippen LogP contribution is -2.00. The molecule has 2 aromatic carbocycles. The van der Waals surface area contributed by atoms with Gasteiger partial charge in [-0.3, -0.25) is 4.98 Å². The summed E-state index contributed by atoms with van der Waals surface area (Å²) in [7, 11) is 4.64. The smallest absolute Gasteiger partial charge is 0.239 e. The Morgan fingerprint density at radius 2 is 1.73 bits per heavy atom. The van der Waals surface area contributed by atoms with Crippen LogP contribution in [0.1, 0.15) is 12.5 Å². The van der Waals surface area contributed by atoms with Gasteiger partial charge in [-0.2, -0.15) is 4.98 Å². The van der Waals surface area contributed by atoms with Crippen molar-refractivity contribution in [3.05, 3.63) is 54.4 Å². The molecule has 1 aromatic heterocycles. The van der Waals surface area contributed by atoms with Crippen molar-refractivity contribution in [3.63, 3.8) is 0 Å². The third-order valence-corrected chi connectivity index (χ3v) is 4.17. The minimum Gasteiger partial charge on any atom is -0.493 e. The van der Waals surface area contributed by atoms with Gasteiger partial charge in [-0.15, -0.1) is 0 Å². The number of hydrogen-bond acceptors (Lipinski definition) is 9. The maximum atomic E-state index is 8.94. The third kappa shape index (κ3) is 4.69. The number of nitrogens with zero attached hydrogens (tertiary/aromatic N) is 3. The third-order valence-electron chi connectivity index (χ3n) is 4.17. The molecule has 9 nitrogen and oxygen atoms in total. The summed E-state index contributed by atoms with van der Waals surface area (Å²) in [6, 6.07) is 10.7. The second kappa shape index (κ2) is 9.46. The average molecular weight is 410 g/mol. The van der Waals surface area contributed by atoms with Gasteiger partial charge in [0.25, 0.3) is 0 Å². The van der Waals surface area contributed by atoms with E-state index in [0.717, 1.165) is 5.56 Å². The van der Waals surface area contributed by atoms with Crippen molar-refractivity contribution in [1.82, 2.24) is 9.97 Å². The number of anilines is 2. The molecule has 0 atom stereocenters. The number of nitrogens with one attached hydrogen (secondary N) is 1. The Balaban J connectivity index is 1.83. The summed E-state index contributed by atoms with van der Waals surface area (Å²) >= 11 is 0. The molecule has 0 radical (unpaired) electrons. The molecule has 0 bridgehead atoms. The van der Waals surface area contributed by atoms with E-state index < -0.39 is 0 Å². The van der Waals surface area contributed by atoms with Gasteiger partial charge < -0.3 is 29.5 Å². The number of oxime groups is 1. The topological polar surface area (TPSA) is 107 Å². The summed E-state index contributed by atoms with van der Waals surface area (Å²) in [6.07, 6.45) is 3.06. The number of rotatable bonds is 8. The van der Waals surface area contributed by atoms with E-state index in [2.05, 4.69) is 20.4 Å². The van der Waals surface area contributed by atoms with Crippen LogP contribution in [0.25, 0.3) is 0 Å². The van der Waals surface area contributed by atoms with E-state index >= 15 is 0 Å². The molecule has 2 N–H and O–H groups in total. The Bertz CT molecular complexity index is 1030. The zero-order valence-corrected chi connectivity index (χ0v) is 17.0. The molecule has 156 valence electrons. The van der Waals surface area contributed by atoms with Crippen LogP contribution in [0, 0.1) is 0 Å². The lowest BCUT2D eigenvalue weighted by molar-refractivity contribution is 0.319. The Labute approximate surface area is 173 Å². The van der Waals surface area contributed by atoms with Crippen molar-refractivity contribution < 1.29 is 24.2 Å². The van der Waals surface area contributed by atoms with Gasteiger partial charge in [-0.1, -0.05) is 17.3 Å². The highest BCUT2D eigenvalue weighted by Crippen LogP contribution is 2.40. The zero-order valence-electron chi connectivity index (χ0n) is 17.0. The maximum Gasteiger partial charge on any atom is 0.239 e. The Kier molecular flexibility index (Phi) is 6.53. The van der Waals surface area contributed by atoms with Gasteiger partial charge in [-0.25, -0.2) is 0 Å². The molecule has 0 fully saturated rings. The van der Waals surface area contributed by atoms with Gasteiger partial charge in [0.1, 0.15) is 5.75 Å². The summed E-state index contributed by atoms with van der Waals surface area (Å²) in [4.78, 5) is 8.59. The Morgan fingerprint density at radius 1 is 1.00 bits per heavy atom. The number of aromatic nitrogens is 2. The summed E-state index contributed by atoms with van der Waals surface area (Å²) in [6.45, 7) is 1.70. The number of ether oxygens (including phenoxy) is 4. The van der Waals surface area contributed by atoms with E-state index in [1.54, 1.807) is 64.8 Å². The molecule has 30 heavy (non-hydrogen) atoms. The molecule has 0 aliphatic heterocycles. The van der Waals surface area contributed by atoms with Gasteiger partial charge in [0, 0.05) is 23.4 Å². The quantitative estimate of drug-likeness (QED) is 0.323. The SMILES string of the molecule is COc1cc(Nc2cncc(Oc3cccc(C(C)=NO)c3)n2)cc(OC)c1OC. The van der Waals surface area contributed by atoms with Crippen LogP contribution in [-0.2, 0) is 0 Å². The van der Waals surface area contributed by atoms with E-state index in [0.29, 0.717) is 46.1 Å². The van der Waals surface area contributed by atoms with Crippen molar-refractivity contribution in [2.75, 3.05) is 26.6 Å². The Hall–Kier alpha value is -4.01. The van der Waals surface area contributed by atoms with Gasteiger partial charge in [-0.05, 0) is 19.1 Å². The minimum absolute atomic E-state index is 0.295. The van der Waals surface area contributed by atoms with Crippen LogP contribution in [0.2, 0.25) is 0 Å². The molecule has 9 heteroatoms. The van der Waals surface area contributed by atoms with Crippen LogP contribution in [0.15, 0.2) is 53.9 Å². The molecule has 0 aliphatic rings. The van der Waals surface area contributed by atoms with Gasteiger partial charge >= 0.3 is 0 Å². The van der Waals surface area contributed by atoms with E-state index in [-0.39, 0.29) is 0 Å². The first-order valence-corrected chi connectivity index (χ1v) is 8.94. The number of benzene rings is 2. The monoisotopic (exact) mass is 410 g/mol. The molecule has 0 spiro atoms. The summed E-state index contributed by atoms with van der Waals surface area (Å²) in [5.41, 5.74) is 1.88. The minimum atomic E-state index is 0.295. The van der Waals surface area contributed by atoms with Crippen LogP contribution < -0.4 is 24.3 Å². The highest BCUT2D eigenvalue weighted by Gasteiger charge is 2.14. The van der Waals surface area contributed by atoms with Crippen LogP contribution in [0.3, 0.4) is 0 Å². The highest BCUT2D eigenvalue weighted by atomic mass is 16.5. The zero-order chi connectivity index (χ0) is 21.5. The molecule has 0 aliphatic carbocycles. The molecule has 1 heterocycles. The van der Waals surface area contributed by atoms with E-state index in [1.165, 1.54) is 6.20 Å². The molecular formula is C21H22N4O5. The normalized spacial score (nSPS) is 11.0. The van der Waals surface area contributed by atoms with Crippen molar-refractivity contribution in [2.24, 2.45) is 5.16 Å². The molecule has 0 saturated heterocycles. The van der Waals surface area contributed by atoms with E-state index in [1.807, 2.05) is 6.07 Å². The number of hydrogen-bond donors (Lipinski definition) is 2. The van der Waals surface area contributed by atoms with Gasteiger partial charge in [0.15, 0.2) is 17.3 Å². The summed E-state index contributed by atoms with van der Waals surface area (Å²) in [5, 5.41) is 15.3. The lowest BCUT2D eigenvalue weighted by atomic mass is 10.1. The Morgan fingerprint density at radius 3 is 2.37 bits per heavy atom. The van der Waals surface area contributed by atoms with E-state index in [9.17, 15) is 0 Å². The summed E-state index contributed by atoms with van der Waals surface area (Å²) in [5.74, 6) is 2.81. The highest BCUT2D eigenvalue weighted by molar-refractivity contribution is 5.98. The standard InChI is InChI=1S/C21H22N4O5/c1-13(25-26)14-6-5-7-16(8-14)30-20-12-22-11-19(24-20)23-15-9-17(27-2)21(29-4)18(10-15)28-3/h5-12,26H,1-4H3,(H,23,24). The van der Waals surface area contributed by atoms with E-state index in [4.69, 9.17) is 24.2 Å². The predicted octanol–water partition coefficient (Wildman–Crippen LogP) is 4.24. The fraction of sp³-hybridized carbons (Fsp3) is 0.190. The van der Waals surface area contributed by atoms with Crippen LogP contribution in [0.5, 0.6) is 28.9 Å². The average Bonchev–Trinajstić information content (AvgIpc) is 2.78. The van der Waals surface area contributed by atoms with Crippen molar-refractivity contribution >= 4 is 17.2 Å². The van der Waals surface area contributed by atoms with Crippen LogP contribution in [-0.4, -0.2) is 42.2 Å². The van der Waals surface area contributed by atoms with Gasteiger partial charge in [0.2, 0.25) is 11.6 Å². The molecule has 0 amide bonds. The fourth-order valence-electron chi connectivity index (χ4n) is 2.72. The lowest BCUT2D eigenvalue weighted by Gasteiger charge is -2.15. The second-order valence-corrected chi connectivity index (χ2v) is 6.10. The second-order valence-electron chi connectivity index (χ2n) is 6.10. The molecule has 3 rings (SSSR count). The first-order valence-electron chi connectivity index (χ1n) is 8.94. The first-order chi connectivity index (χ1) is 14.6.